The molecule has 0 fully saturated rings. The van der Waals surface area contributed by atoms with E-state index in [9.17, 15) is 4.79 Å². The average molecular weight is 130 g/mol. The number of hydrogen-bond acceptors (Lipinski definition) is 4. The average Bonchev–Trinajstić information content (AvgIpc) is 1.87. The van der Waals surface area contributed by atoms with Crippen molar-refractivity contribution in [3.63, 3.8) is 0 Å². The smallest absolute Gasteiger partial charge is 0.353 e. The third kappa shape index (κ3) is 2.69. The molecule has 0 rings (SSSR count). The number of rotatable bonds is 2. The molecule has 0 aliphatic rings. The monoisotopic (exact) mass is 130 g/mol. The van der Waals surface area contributed by atoms with Crippen LogP contribution in [0.5, 0.6) is 0 Å². The van der Waals surface area contributed by atoms with Crippen LogP contribution in [0, 0.1) is 0 Å². The lowest BCUT2D eigenvalue weighted by atomic mass is 10.4. The summed E-state index contributed by atoms with van der Waals surface area (Å²) in [6.45, 7) is 1.57. The summed E-state index contributed by atoms with van der Waals surface area (Å²) in [5.41, 5.74) is 2.79. The maximum Gasteiger partial charge on any atom is 0.353 e. The number of hydrogen-bond donors (Lipinski definition) is 1. The van der Waals surface area contributed by atoms with Crippen molar-refractivity contribution in [1.82, 2.24) is 5.43 Å². The van der Waals surface area contributed by atoms with Crippen molar-refractivity contribution in [3.8, 4) is 0 Å². The summed E-state index contributed by atoms with van der Waals surface area (Å²) in [5.74, 6) is -0.413. The summed E-state index contributed by atoms with van der Waals surface area (Å²) in [6, 6.07) is 0. The highest BCUT2D eigenvalue weighted by atomic mass is 16.5. The third-order valence-electron chi connectivity index (χ3n) is 0.760. The van der Waals surface area contributed by atoms with Crippen LogP contribution in [0.25, 0.3) is 0 Å². The van der Waals surface area contributed by atoms with E-state index in [0.717, 1.165) is 0 Å². The zero-order valence-electron chi connectivity index (χ0n) is 5.76. The van der Waals surface area contributed by atoms with Crippen LogP contribution in [-0.4, -0.2) is 25.8 Å². The number of carbonyl (C=O) groups is 1. The molecule has 0 spiro atoms. The molecule has 52 valence electrons. The first-order valence-electron chi connectivity index (χ1n) is 2.51. The first-order chi connectivity index (χ1) is 4.22. The van der Waals surface area contributed by atoms with E-state index in [1.165, 1.54) is 7.11 Å². The zero-order chi connectivity index (χ0) is 7.28. The summed E-state index contributed by atoms with van der Waals surface area (Å²) < 4.78 is 4.35. The number of nitrogens with one attached hydrogen (secondary N) is 1. The summed E-state index contributed by atoms with van der Waals surface area (Å²) in [5, 5.41) is 3.59. The second-order valence-corrected chi connectivity index (χ2v) is 1.41. The molecule has 0 radical (unpaired) electrons. The third-order valence-corrected chi connectivity index (χ3v) is 0.760. The maximum atomic E-state index is 10.5. The van der Waals surface area contributed by atoms with E-state index in [1.54, 1.807) is 14.0 Å². The number of carbonyl (C=O) groups excluding carboxylic acids is 1. The van der Waals surface area contributed by atoms with Gasteiger partial charge in [0.25, 0.3) is 0 Å². The Balaban J connectivity index is 3.86. The molecule has 9 heavy (non-hydrogen) atoms. The van der Waals surface area contributed by atoms with Crippen molar-refractivity contribution >= 4 is 11.7 Å². The molecule has 0 saturated carbocycles. The van der Waals surface area contributed by atoms with Crippen LogP contribution in [0.15, 0.2) is 5.10 Å². The molecule has 4 heteroatoms. The topological polar surface area (TPSA) is 50.7 Å². The van der Waals surface area contributed by atoms with Crippen LogP contribution in [0.1, 0.15) is 6.92 Å². The Morgan fingerprint density at radius 3 is 2.56 bits per heavy atom. The van der Waals surface area contributed by atoms with Gasteiger partial charge in [-0.2, -0.15) is 5.10 Å². The molecule has 0 aromatic heterocycles. The lowest BCUT2D eigenvalue weighted by Gasteiger charge is -1.95. The van der Waals surface area contributed by atoms with E-state index in [4.69, 9.17) is 0 Å². The molecule has 0 aliphatic carbocycles. The van der Waals surface area contributed by atoms with Crippen molar-refractivity contribution in [2.24, 2.45) is 5.10 Å². The van der Waals surface area contributed by atoms with Gasteiger partial charge in [-0.25, -0.2) is 4.79 Å². The fourth-order valence-corrected chi connectivity index (χ4v) is 0.361. The van der Waals surface area contributed by atoms with E-state index in [1.807, 2.05) is 0 Å². The molecule has 0 aromatic carbocycles. The molecule has 0 bridgehead atoms. The van der Waals surface area contributed by atoms with Gasteiger partial charge in [0.2, 0.25) is 0 Å². The van der Waals surface area contributed by atoms with Crippen molar-refractivity contribution in [3.05, 3.63) is 0 Å². The van der Waals surface area contributed by atoms with E-state index in [2.05, 4.69) is 15.3 Å². The molecule has 0 atom stereocenters. The Labute approximate surface area is 53.9 Å². The highest BCUT2D eigenvalue weighted by Crippen LogP contribution is 1.77. The van der Waals surface area contributed by atoms with Gasteiger partial charge in [-0.3, -0.25) is 0 Å². The van der Waals surface area contributed by atoms with Gasteiger partial charge < -0.3 is 10.2 Å². The summed E-state index contributed by atoms with van der Waals surface area (Å²) in [6.07, 6.45) is 0. The van der Waals surface area contributed by atoms with Crippen molar-refractivity contribution < 1.29 is 9.53 Å². The van der Waals surface area contributed by atoms with Crippen molar-refractivity contribution in [1.29, 1.82) is 0 Å². The lowest BCUT2D eigenvalue weighted by molar-refractivity contribution is -0.132. The Kier molecular flexibility index (Phi) is 3.43. The summed E-state index contributed by atoms with van der Waals surface area (Å²) in [7, 11) is 2.93. The Bertz CT molecular complexity index is 131. The van der Waals surface area contributed by atoms with Crippen molar-refractivity contribution in [2.75, 3.05) is 14.2 Å². The van der Waals surface area contributed by atoms with E-state index in [-0.39, 0.29) is 0 Å². The molecule has 0 unspecified atom stereocenters. The molecule has 0 aliphatic heterocycles. The van der Waals surface area contributed by atoms with Gasteiger partial charge in [-0.1, -0.05) is 0 Å². The molecule has 0 aromatic rings. The van der Waals surface area contributed by atoms with E-state index < -0.39 is 5.97 Å². The van der Waals surface area contributed by atoms with Gasteiger partial charge in [0.05, 0.1) is 7.11 Å². The highest BCUT2D eigenvalue weighted by Gasteiger charge is 2.02. The number of hydrazone groups is 1. The highest BCUT2D eigenvalue weighted by molar-refractivity contribution is 6.35. The molecule has 4 nitrogen and oxygen atoms in total. The number of nitrogens with zero attached hydrogens (tertiary/aromatic N) is 1. The van der Waals surface area contributed by atoms with Crippen LogP contribution in [0.2, 0.25) is 0 Å². The molecule has 0 saturated heterocycles. The van der Waals surface area contributed by atoms with Crippen LogP contribution >= 0.6 is 0 Å². The van der Waals surface area contributed by atoms with Gasteiger partial charge in [-0.05, 0) is 6.92 Å². The SMILES string of the molecule is CNN=C(C)C(=O)OC. The van der Waals surface area contributed by atoms with E-state index in [0.29, 0.717) is 5.71 Å². The minimum Gasteiger partial charge on any atom is -0.464 e. The minimum atomic E-state index is -0.413. The van der Waals surface area contributed by atoms with Crippen LogP contribution in [0.4, 0.5) is 0 Å². The van der Waals surface area contributed by atoms with Crippen LogP contribution < -0.4 is 5.43 Å². The normalized spacial score (nSPS) is 10.8. The fourth-order valence-electron chi connectivity index (χ4n) is 0.361. The second kappa shape index (κ2) is 3.88. The number of methoxy groups -OCH3 is 1. The minimum absolute atomic E-state index is 0.319. The number of esters is 1. The Hall–Kier alpha value is -1.06. The van der Waals surface area contributed by atoms with Crippen LogP contribution in [-0.2, 0) is 9.53 Å². The molecular weight excluding hydrogens is 120 g/mol. The maximum absolute atomic E-state index is 10.5. The quantitative estimate of drug-likeness (QED) is 0.318. The number of ether oxygens (including phenoxy) is 1. The zero-order valence-corrected chi connectivity index (χ0v) is 5.76. The Morgan fingerprint density at radius 2 is 2.22 bits per heavy atom. The molecular formula is C5H10N2O2. The van der Waals surface area contributed by atoms with Gasteiger partial charge in [0.15, 0.2) is 0 Å². The standard InChI is InChI=1S/C5H10N2O2/c1-4(7-6-2)5(8)9-3/h6H,1-3H3. The lowest BCUT2D eigenvalue weighted by Crippen LogP contribution is -2.14. The summed E-state index contributed by atoms with van der Waals surface area (Å²) >= 11 is 0. The van der Waals surface area contributed by atoms with Gasteiger partial charge >= 0.3 is 5.97 Å². The largest absolute Gasteiger partial charge is 0.464 e. The van der Waals surface area contributed by atoms with Crippen molar-refractivity contribution in [2.45, 2.75) is 6.92 Å². The predicted molar refractivity (Wildman–Crippen MR) is 34.2 cm³/mol. The Morgan fingerprint density at radius 1 is 1.67 bits per heavy atom. The van der Waals surface area contributed by atoms with Gasteiger partial charge in [0.1, 0.15) is 5.71 Å². The van der Waals surface area contributed by atoms with Gasteiger partial charge in [0, 0.05) is 7.05 Å². The second-order valence-electron chi connectivity index (χ2n) is 1.41. The summed E-state index contributed by atoms with van der Waals surface area (Å²) in [4.78, 5) is 10.5. The van der Waals surface area contributed by atoms with Gasteiger partial charge in [-0.15, -0.1) is 0 Å². The predicted octanol–water partition coefficient (Wildman–Crippen LogP) is -0.245. The molecule has 1 N–H and O–H groups in total. The first-order valence-corrected chi connectivity index (χ1v) is 2.51. The fraction of sp³-hybridized carbons (Fsp3) is 0.600. The molecule has 0 heterocycles. The van der Waals surface area contributed by atoms with Crippen LogP contribution in [0.3, 0.4) is 0 Å². The first kappa shape index (κ1) is 7.94. The molecule has 0 amide bonds. The van der Waals surface area contributed by atoms with E-state index >= 15 is 0 Å².